The molecule has 0 unspecified atom stereocenters. The molecular weight excluding hydrogens is 346 g/mol. The van der Waals surface area contributed by atoms with Gasteiger partial charge in [0.25, 0.3) is 5.69 Å². The first-order valence-electron chi connectivity index (χ1n) is 8.72. The molecule has 3 rings (SSSR count). The predicted molar refractivity (Wildman–Crippen MR) is 99.0 cm³/mol. The van der Waals surface area contributed by atoms with Crippen molar-refractivity contribution in [3.63, 3.8) is 0 Å². The van der Waals surface area contributed by atoms with Crippen LogP contribution in [-0.2, 0) is 16.1 Å². The topological polar surface area (TPSA) is 96.5 Å². The van der Waals surface area contributed by atoms with Gasteiger partial charge in [0.2, 0.25) is 0 Å². The molecule has 1 fully saturated rings. The lowest BCUT2D eigenvalue weighted by molar-refractivity contribution is -0.384. The van der Waals surface area contributed by atoms with Crippen LogP contribution in [0.15, 0.2) is 48.5 Å². The number of rotatable bonds is 5. The Kier molecular flexibility index (Phi) is 5.67. The average molecular weight is 365 g/mol. The molecule has 1 aliphatic heterocycles. The van der Waals surface area contributed by atoms with Crippen LogP contribution in [0.4, 0.5) is 11.4 Å². The summed E-state index contributed by atoms with van der Waals surface area (Å²) in [5.74, 6) is -0.455. The molecule has 1 heterocycles. The van der Waals surface area contributed by atoms with E-state index in [0.29, 0.717) is 37.2 Å². The summed E-state index contributed by atoms with van der Waals surface area (Å²) in [5, 5.41) is 20.0. The van der Waals surface area contributed by atoms with Crippen molar-refractivity contribution < 1.29 is 14.5 Å². The molecule has 0 saturated carbocycles. The van der Waals surface area contributed by atoms with Gasteiger partial charge in [-0.25, -0.2) is 0 Å². The van der Waals surface area contributed by atoms with E-state index in [1.807, 2.05) is 11.0 Å². The van der Waals surface area contributed by atoms with E-state index >= 15 is 0 Å². The Morgan fingerprint density at radius 2 is 1.85 bits per heavy atom. The standard InChI is InChI=1S/C20H19N3O4/c21-13-15-5-7-16(8-6-15)14-27-20(24)17-9-11-22(12-10-17)18-3-1-2-4-19(18)23(25)26/h1-8,17H,9-12,14H2. The number of carbonyl (C=O) groups is 1. The number of esters is 1. The van der Waals surface area contributed by atoms with Gasteiger partial charge in [-0.05, 0) is 36.6 Å². The minimum absolute atomic E-state index is 0.0827. The normalized spacial score (nSPS) is 14.4. The summed E-state index contributed by atoms with van der Waals surface area (Å²) < 4.78 is 5.40. The van der Waals surface area contributed by atoms with Crippen LogP contribution in [-0.4, -0.2) is 24.0 Å². The van der Waals surface area contributed by atoms with Crippen molar-refractivity contribution in [1.82, 2.24) is 0 Å². The number of nitrogens with zero attached hydrogens (tertiary/aromatic N) is 3. The summed E-state index contributed by atoms with van der Waals surface area (Å²) in [6.45, 7) is 1.32. The van der Waals surface area contributed by atoms with Gasteiger partial charge in [0, 0.05) is 19.2 Å². The Hall–Kier alpha value is -3.40. The molecule has 7 nitrogen and oxygen atoms in total. The molecule has 1 saturated heterocycles. The van der Waals surface area contributed by atoms with Gasteiger partial charge in [-0.1, -0.05) is 24.3 Å². The molecule has 27 heavy (non-hydrogen) atoms. The highest BCUT2D eigenvalue weighted by Gasteiger charge is 2.28. The van der Waals surface area contributed by atoms with E-state index in [0.717, 1.165) is 5.56 Å². The van der Waals surface area contributed by atoms with Gasteiger partial charge in [-0.2, -0.15) is 5.26 Å². The van der Waals surface area contributed by atoms with Crippen LogP contribution in [0.3, 0.4) is 0 Å². The summed E-state index contributed by atoms with van der Waals surface area (Å²) in [7, 11) is 0. The van der Waals surface area contributed by atoms with Crippen molar-refractivity contribution in [2.75, 3.05) is 18.0 Å². The Bertz CT molecular complexity index is 866. The van der Waals surface area contributed by atoms with Gasteiger partial charge in [-0.15, -0.1) is 0 Å². The number of nitro groups is 1. The molecule has 1 aliphatic rings. The highest BCUT2D eigenvalue weighted by Crippen LogP contribution is 2.31. The molecule has 7 heteroatoms. The molecule has 0 N–H and O–H groups in total. The SMILES string of the molecule is N#Cc1ccc(COC(=O)C2CCN(c3ccccc3[N+](=O)[O-])CC2)cc1. The third-order valence-electron chi connectivity index (χ3n) is 4.71. The van der Waals surface area contributed by atoms with Crippen LogP contribution in [0.1, 0.15) is 24.0 Å². The Morgan fingerprint density at radius 1 is 1.19 bits per heavy atom. The van der Waals surface area contributed by atoms with E-state index < -0.39 is 0 Å². The minimum Gasteiger partial charge on any atom is -0.461 e. The second kappa shape index (κ2) is 8.32. The summed E-state index contributed by atoms with van der Waals surface area (Å²) in [4.78, 5) is 25.1. The molecule has 0 aromatic heterocycles. The van der Waals surface area contributed by atoms with Crippen LogP contribution < -0.4 is 4.90 Å². The molecule has 2 aromatic carbocycles. The lowest BCUT2D eigenvalue weighted by atomic mass is 9.96. The quantitative estimate of drug-likeness (QED) is 0.457. The number of ether oxygens (including phenoxy) is 1. The zero-order valence-electron chi connectivity index (χ0n) is 14.7. The highest BCUT2D eigenvalue weighted by atomic mass is 16.6. The lowest BCUT2D eigenvalue weighted by Crippen LogP contribution is -2.37. The van der Waals surface area contributed by atoms with E-state index in [-0.39, 0.29) is 29.1 Å². The number of benzene rings is 2. The van der Waals surface area contributed by atoms with Gasteiger partial charge in [0.1, 0.15) is 12.3 Å². The smallest absolute Gasteiger partial charge is 0.309 e. The third-order valence-corrected chi connectivity index (χ3v) is 4.71. The van der Waals surface area contributed by atoms with Crippen LogP contribution in [0.5, 0.6) is 0 Å². The third kappa shape index (κ3) is 4.42. The van der Waals surface area contributed by atoms with E-state index in [9.17, 15) is 14.9 Å². The van der Waals surface area contributed by atoms with Crippen molar-refractivity contribution in [1.29, 1.82) is 5.26 Å². The number of hydrogen-bond donors (Lipinski definition) is 0. The van der Waals surface area contributed by atoms with Crippen LogP contribution in [0, 0.1) is 27.4 Å². The van der Waals surface area contributed by atoms with Crippen molar-refractivity contribution in [2.24, 2.45) is 5.92 Å². The zero-order valence-corrected chi connectivity index (χ0v) is 14.7. The molecule has 0 bridgehead atoms. The molecule has 0 amide bonds. The second-order valence-electron chi connectivity index (χ2n) is 6.42. The van der Waals surface area contributed by atoms with Gasteiger partial charge >= 0.3 is 5.97 Å². The number of piperidine rings is 1. The van der Waals surface area contributed by atoms with E-state index in [2.05, 4.69) is 0 Å². The molecule has 138 valence electrons. The number of hydrogen-bond acceptors (Lipinski definition) is 6. The molecule has 2 aromatic rings. The number of carbonyl (C=O) groups excluding carboxylic acids is 1. The average Bonchev–Trinajstić information content (AvgIpc) is 2.72. The van der Waals surface area contributed by atoms with Crippen molar-refractivity contribution >= 4 is 17.3 Å². The Labute approximate surface area is 156 Å². The fourth-order valence-corrected chi connectivity index (χ4v) is 3.19. The summed E-state index contributed by atoms with van der Waals surface area (Å²) in [6, 6.07) is 15.6. The molecule has 0 spiro atoms. The highest BCUT2D eigenvalue weighted by molar-refractivity contribution is 5.73. The monoisotopic (exact) mass is 365 g/mol. The molecule has 0 aliphatic carbocycles. The summed E-state index contributed by atoms with van der Waals surface area (Å²) in [6.07, 6.45) is 1.19. The molecule has 0 radical (unpaired) electrons. The van der Waals surface area contributed by atoms with E-state index in [4.69, 9.17) is 10.00 Å². The zero-order chi connectivity index (χ0) is 19.2. The maximum atomic E-state index is 12.3. The van der Waals surface area contributed by atoms with E-state index in [1.54, 1.807) is 42.5 Å². The number of nitriles is 1. The van der Waals surface area contributed by atoms with Gasteiger partial charge in [0.15, 0.2) is 0 Å². The maximum Gasteiger partial charge on any atom is 0.309 e. The first-order chi connectivity index (χ1) is 13.1. The lowest BCUT2D eigenvalue weighted by Gasteiger charge is -2.32. The minimum atomic E-state index is -0.382. The number of para-hydroxylation sites is 2. The van der Waals surface area contributed by atoms with Crippen LogP contribution in [0.25, 0.3) is 0 Å². The Morgan fingerprint density at radius 3 is 2.48 bits per heavy atom. The Balaban J connectivity index is 1.53. The predicted octanol–water partition coefficient (Wildman–Crippen LogP) is 3.43. The molecule has 0 atom stereocenters. The fraction of sp³-hybridized carbons (Fsp3) is 0.300. The first kappa shape index (κ1) is 18.4. The van der Waals surface area contributed by atoms with E-state index in [1.165, 1.54) is 6.07 Å². The number of nitro benzene ring substituents is 1. The largest absolute Gasteiger partial charge is 0.461 e. The second-order valence-corrected chi connectivity index (χ2v) is 6.42. The van der Waals surface area contributed by atoms with Crippen LogP contribution in [0.2, 0.25) is 0 Å². The fourth-order valence-electron chi connectivity index (χ4n) is 3.19. The van der Waals surface area contributed by atoms with Gasteiger partial charge < -0.3 is 9.64 Å². The van der Waals surface area contributed by atoms with Gasteiger partial charge in [-0.3, -0.25) is 14.9 Å². The number of anilines is 1. The van der Waals surface area contributed by atoms with Gasteiger partial charge in [0.05, 0.1) is 22.5 Å². The summed E-state index contributed by atoms with van der Waals surface area (Å²) in [5.41, 5.74) is 2.07. The van der Waals surface area contributed by atoms with Crippen molar-refractivity contribution in [3.8, 4) is 6.07 Å². The van der Waals surface area contributed by atoms with Crippen molar-refractivity contribution in [3.05, 3.63) is 69.8 Å². The summed E-state index contributed by atoms with van der Waals surface area (Å²) >= 11 is 0. The first-order valence-corrected chi connectivity index (χ1v) is 8.72. The molecular formula is C20H19N3O4. The maximum absolute atomic E-state index is 12.3. The van der Waals surface area contributed by atoms with Crippen LogP contribution >= 0.6 is 0 Å². The van der Waals surface area contributed by atoms with Crippen molar-refractivity contribution in [2.45, 2.75) is 19.4 Å².